The summed E-state index contributed by atoms with van der Waals surface area (Å²) in [6.45, 7) is 4.53. The Kier molecular flexibility index (Phi) is 3.20. The summed E-state index contributed by atoms with van der Waals surface area (Å²) in [6.07, 6.45) is 3.77. The predicted molar refractivity (Wildman–Crippen MR) is 69.7 cm³/mol. The minimum Gasteiger partial charge on any atom is -0.0925 e. The third-order valence-electron chi connectivity index (χ3n) is 3.99. The van der Waals surface area contributed by atoms with Gasteiger partial charge in [-0.1, -0.05) is 54.0 Å². The maximum Gasteiger partial charge on any atom is 0.00685 e. The Balaban J connectivity index is 2.22. The average Bonchev–Trinajstić information content (AvgIpc) is 3.04. The summed E-state index contributed by atoms with van der Waals surface area (Å²) < 4.78 is 0. The van der Waals surface area contributed by atoms with Crippen molar-refractivity contribution in [3.05, 3.63) is 35.4 Å². The molecule has 1 saturated carbocycles. The third kappa shape index (κ3) is 1.87. The summed E-state index contributed by atoms with van der Waals surface area (Å²) in [5.41, 5.74) is 3.49. The van der Waals surface area contributed by atoms with Crippen LogP contribution in [0.3, 0.4) is 0 Å². The van der Waals surface area contributed by atoms with Crippen LogP contribution in [0.1, 0.15) is 37.8 Å². The Hall–Kier alpha value is -0.300. The molecule has 82 valence electrons. The van der Waals surface area contributed by atoms with Gasteiger partial charge in [0.15, 0.2) is 0 Å². The summed E-state index contributed by atoms with van der Waals surface area (Å²) >= 11 is 3.62. The molecule has 2 rings (SSSR count). The lowest BCUT2D eigenvalue weighted by atomic mass is 9.90. The van der Waals surface area contributed by atoms with Crippen molar-refractivity contribution in [3.63, 3.8) is 0 Å². The number of hydrogen-bond donors (Lipinski definition) is 0. The van der Waals surface area contributed by atoms with Crippen LogP contribution in [0, 0.1) is 5.92 Å². The highest BCUT2D eigenvalue weighted by atomic mass is 79.9. The molecule has 0 spiro atoms. The largest absolute Gasteiger partial charge is 0.0925 e. The molecule has 0 aliphatic heterocycles. The molecule has 0 nitrogen and oxygen atoms in total. The van der Waals surface area contributed by atoms with Gasteiger partial charge in [-0.15, -0.1) is 0 Å². The van der Waals surface area contributed by atoms with Crippen LogP contribution in [0.5, 0.6) is 0 Å². The number of aryl methyl sites for hydroxylation is 1. The quantitative estimate of drug-likeness (QED) is 0.713. The lowest BCUT2D eigenvalue weighted by Crippen LogP contribution is -2.09. The van der Waals surface area contributed by atoms with Crippen molar-refractivity contribution in [1.82, 2.24) is 0 Å². The van der Waals surface area contributed by atoms with Gasteiger partial charge in [0.25, 0.3) is 0 Å². The van der Waals surface area contributed by atoms with Crippen LogP contribution in [0.2, 0.25) is 0 Å². The molecule has 1 heteroatoms. The summed E-state index contributed by atoms with van der Waals surface area (Å²) in [6, 6.07) is 9.25. The van der Waals surface area contributed by atoms with Gasteiger partial charge in [-0.25, -0.2) is 0 Å². The van der Waals surface area contributed by atoms with Crippen LogP contribution in [0.15, 0.2) is 24.3 Å². The summed E-state index contributed by atoms with van der Waals surface area (Å²) in [5, 5.41) is 1.15. The zero-order valence-electron chi connectivity index (χ0n) is 9.59. The molecule has 0 N–H and O–H groups in total. The monoisotopic (exact) mass is 266 g/mol. The molecule has 0 bridgehead atoms. The van der Waals surface area contributed by atoms with Gasteiger partial charge in [-0.3, -0.25) is 0 Å². The Bertz CT molecular complexity index is 328. The van der Waals surface area contributed by atoms with E-state index in [2.05, 4.69) is 54.0 Å². The molecule has 15 heavy (non-hydrogen) atoms. The van der Waals surface area contributed by atoms with Crippen molar-refractivity contribution in [2.45, 2.75) is 38.5 Å². The molecule has 0 heterocycles. The molecule has 0 radical (unpaired) electrons. The van der Waals surface area contributed by atoms with E-state index in [1.807, 2.05) is 0 Å². The Morgan fingerprint density at radius 2 is 1.93 bits per heavy atom. The first kappa shape index (κ1) is 11.2. The number of alkyl halides is 1. The zero-order chi connectivity index (χ0) is 10.9. The third-order valence-corrected chi connectivity index (χ3v) is 4.77. The van der Waals surface area contributed by atoms with Gasteiger partial charge in [-0.2, -0.15) is 0 Å². The van der Waals surface area contributed by atoms with Gasteiger partial charge in [0.2, 0.25) is 0 Å². The first-order chi connectivity index (χ1) is 7.26. The van der Waals surface area contributed by atoms with Crippen LogP contribution in [0.25, 0.3) is 0 Å². The topological polar surface area (TPSA) is 0 Å². The Labute approximate surface area is 101 Å². The summed E-state index contributed by atoms with van der Waals surface area (Å²) in [7, 11) is 0. The molecule has 0 saturated heterocycles. The molecule has 2 atom stereocenters. The van der Waals surface area contributed by atoms with Crippen LogP contribution in [0.4, 0.5) is 0 Å². The average molecular weight is 267 g/mol. The fourth-order valence-electron chi connectivity index (χ4n) is 2.65. The van der Waals surface area contributed by atoms with Crippen molar-refractivity contribution >= 4 is 15.9 Å². The van der Waals surface area contributed by atoms with E-state index < -0.39 is 0 Å². The highest BCUT2D eigenvalue weighted by molar-refractivity contribution is 9.09. The number of rotatable bonds is 4. The second-order valence-corrected chi connectivity index (χ2v) is 5.26. The lowest BCUT2D eigenvalue weighted by Gasteiger charge is -2.15. The van der Waals surface area contributed by atoms with E-state index in [1.54, 1.807) is 5.56 Å². The van der Waals surface area contributed by atoms with Crippen molar-refractivity contribution in [1.29, 1.82) is 0 Å². The Morgan fingerprint density at radius 3 is 2.33 bits per heavy atom. The fraction of sp³-hybridized carbons (Fsp3) is 0.571. The second-order valence-electron chi connectivity index (χ2n) is 4.62. The highest BCUT2D eigenvalue weighted by Crippen LogP contribution is 2.57. The van der Waals surface area contributed by atoms with Crippen molar-refractivity contribution in [2.75, 3.05) is 5.33 Å². The molecular weight excluding hydrogens is 248 g/mol. The molecule has 1 aliphatic carbocycles. The Morgan fingerprint density at radius 1 is 1.27 bits per heavy atom. The van der Waals surface area contributed by atoms with E-state index >= 15 is 0 Å². The molecule has 1 aromatic rings. The van der Waals surface area contributed by atoms with E-state index in [1.165, 1.54) is 18.4 Å². The normalized spacial score (nSPS) is 29.1. The van der Waals surface area contributed by atoms with E-state index in [-0.39, 0.29) is 0 Å². The molecule has 1 fully saturated rings. The fourth-order valence-corrected chi connectivity index (χ4v) is 3.49. The summed E-state index contributed by atoms with van der Waals surface area (Å²) in [4.78, 5) is 0. The van der Waals surface area contributed by atoms with Crippen LogP contribution in [-0.2, 0) is 11.8 Å². The first-order valence-electron chi connectivity index (χ1n) is 5.92. The van der Waals surface area contributed by atoms with Crippen molar-refractivity contribution in [2.24, 2.45) is 5.92 Å². The van der Waals surface area contributed by atoms with E-state index in [0.29, 0.717) is 5.41 Å². The van der Waals surface area contributed by atoms with Gasteiger partial charge in [0, 0.05) is 5.33 Å². The van der Waals surface area contributed by atoms with E-state index in [0.717, 1.165) is 17.7 Å². The second kappa shape index (κ2) is 4.29. The standard InChI is InChI=1S/C14H19Br/c1-3-11-5-7-12(8-6-11)14(4-2)9-13(14)10-15/h5-8,13H,3-4,9-10H2,1-2H3. The molecular formula is C14H19Br. The first-order valence-corrected chi connectivity index (χ1v) is 7.04. The van der Waals surface area contributed by atoms with Gasteiger partial charge in [0.1, 0.15) is 0 Å². The minimum atomic E-state index is 0.496. The zero-order valence-corrected chi connectivity index (χ0v) is 11.2. The van der Waals surface area contributed by atoms with Crippen molar-refractivity contribution in [3.8, 4) is 0 Å². The van der Waals surface area contributed by atoms with Gasteiger partial charge < -0.3 is 0 Å². The van der Waals surface area contributed by atoms with Crippen LogP contribution in [-0.4, -0.2) is 5.33 Å². The highest BCUT2D eigenvalue weighted by Gasteiger charge is 2.52. The molecule has 0 amide bonds. The maximum atomic E-state index is 3.62. The molecule has 1 aliphatic rings. The van der Waals surface area contributed by atoms with Crippen LogP contribution >= 0.6 is 15.9 Å². The smallest absolute Gasteiger partial charge is 0.00685 e. The molecule has 0 aromatic heterocycles. The number of benzene rings is 1. The predicted octanol–water partition coefficient (Wildman–Crippen LogP) is 4.31. The maximum absolute atomic E-state index is 3.62. The molecule has 1 aromatic carbocycles. The van der Waals surface area contributed by atoms with Gasteiger partial charge in [-0.05, 0) is 41.7 Å². The SMILES string of the molecule is CCc1ccc(C2(CC)CC2CBr)cc1. The van der Waals surface area contributed by atoms with Crippen LogP contribution < -0.4 is 0 Å². The minimum absolute atomic E-state index is 0.496. The van der Waals surface area contributed by atoms with Gasteiger partial charge >= 0.3 is 0 Å². The number of hydrogen-bond acceptors (Lipinski definition) is 0. The van der Waals surface area contributed by atoms with E-state index in [9.17, 15) is 0 Å². The molecule has 2 unspecified atom stereocenters. The van der Waals surface area contributed by atoms with E-state index in [4.69, 9.17) is 0 Å². The number of halogens is 1. The van der Waals surface area contributed by atoms with Gasteiger partial charge in [0.05, 0.1) is 0 Å². The lowest BCUT2D eigenvalue weighted by molar-refractivity contribution is 0.612. The van der Waals surface area contributed by atoms with Crippen molar-refractivity contribution < 1.29 is 0 Å². The summed E-state index contributed by atoms with van der Waals surface area (Å²) in [5.74, 6) is 0.856.